The van der Waals surface area contributed by atoms with Gasteiger partial charge >= 0.3 is 6.09 Å². The largest absolute Gasteiger partial charge is 0.450 e. The Morgan fingerprint density at radius 1 is 1.04 bits per heavy atom. The molecule has 6 heteroatoms. The summed E-state index contributed by atoms with van der Waals surface area (Å²) in [6.07, 6.45) is -0.499. The summed E-state index contributed by atoms with van der Waals surface area (Å²) in [5.41, 5.74) is 0.890. The average Bonchev–Trinajstić information content (AvgIpc) is 3.29. The van der Waals surface area contributed by atoms with Crippen LogP contribution in [-0.4, -0.2) is 27.4 Å². The van der Waals surface area contributed by atoms with Gasteiger partial charge in [0.05, 0.1) is 6.61 Å². The Labute approximate surface area is 156 Å². The van der Waals surface area contributed by atoms with Crippen LogP contribution >= 0.6 is 34.8 Å². The van der Waals surface area contributed by atoms with Crippen LogP contribution < -0.4 is 0 Å². The van der Waals surface area contributed by atoms with Gasteiger partial charge in [-0.1, -0.05) is 95.5 Å². The number of carbonyl (C=O) groups is 1. The number of nitrogens with zero attached hydrogens (tertiary/aromatic N) is 1. The summed E-state index contributed by atoms with van der Waals surface area (Å²) in [5.74, 6) is 0. The zero-order valence-electron chi connectivity index (χ0n) is 13.0. The molecule has 3 rings (SSSR count). The molecule has 126 valence electrons. The molecule has 0 aromatic heterocycles. The number of hydrogen-bond donors (Lipinski definition) is 0. The zero-order chi connectivity index (χ0) is 17.4. The molecule has 0 saturated carbocycles. The molecule has 1 atom stereocenters. The Morgan fingerprint density at radius 3 is 1.88 bits per heavy atom. The summed E-state index contributed by atoms with van der Waals surface area (Å²) in [4.78, 5) is 14.1. The summed E-state index contributed by atoms with van der Waals surface area (Å²) in [5, 5.41) is 0. The topological polar surface area (TPSA) is 29.3 Å². The second-order valence-corrected chi connectivity index (χ2v) is 7.88. The maximum atomic E-state index is 12.6. The van der Waals surface area contributed by atoms with E-state index in [0.717, 1.165) is 11.1 Å². The molecule has 0 bridgehead atoms. The third-order valence-electron chi connectivity index (χ3n) is 4.17. The number of carbonyl (C=O) groups excluding carboxylic acids is 1. The van der Waals surface area contributed by atoms with Gasteiger partial charge in [0.25, 0.3) is 0 Å². The van der Waals surface area contributed by atoms with Gasteiger partial charge in [0.2, 0.25) is 3.79 Å². The molecule has 0 radical (unpaired) electrons. The number of halogens is 3. The maximum absolute atomic E-state index is 12.6. The van der Waals surface area contributed by atoms with E-state index in [4.69, 9.17) is 39.5 Å². The molecule has 3 nitrogen and oxygen atoms in total. The van der Waals surface area contributed by atoms with Gasteiger partial charge in [0.15, 0.2) is 0 Å². The van der Waals surface area contributed by atoms with Crippen molar-refractivity contribution >= 4 is 40.9 Å². The van der Waals surface area contributed by atoms with Crippen molar-refractivity contribution in [2.45, 2.75) is 22.3 Å². The van der Waals surface area contributed by atoms with Gasteiger partial charge in [-0.2, -0.15) is 0 Å². The van der Waals surface area contributed by atoms with E-state index < -0.39 is 21.5 Å². The molecular weight excluding hydrogens is 369 g/mol. The normalized spacial score (nSPS) is 19.0. The summed E-state index contributed by atoms with van der Waals surface area (Å²) in [6.45, 7) is 2.00. The highest BCUT2D eigenvalue weighted by Crippen LogP contribution is 2.62. The van der Waals surface area contributed by atoms with E-state index in [9.17, 15) is 4.79 Å². The molecule has 2 aromatic carbocycles. The second kappa shape index (κ2) is 6.47. The minimum atomic E-state index is -1.65. The highest BCUT2D eigenvalue weighted by atomic mass is 35.6. The molecule has 1 unspecified atom stereocenters. The molecule has 1 aliphatic heterocycles. The monoisotopic (exact) mass is 383 g/mol. The second-order valence-electron chi connectivity index (χ2n) is 5.51. The third kappa shape index (κ3) is 2.75. The molecule has 0 spiro atoms. The fourth-order valence-corrected chi connectivity index (χ4v) is 4.03. The van der Waals surface area contributed by atoms with Crippen molar-refractivity contribution in [3.8, 4) is 0 Å². The number of rotatable bonds is 3. The first-order chi connectivity index (χ1) is 11.4. The number of benzene rings is 2. The lowest BCUT2D eigenvalue weighted by Gasteiger charge is -2.19. The number of ether oxygens (including phenoxy) is 1. The number of alkyl halides is 3. The fraction of sp³-hybridized carbons (Fsp3) is 0.278. The standard InChI is InChI=1S/C18H16Cl3NO2/c1-2-24-16(23)22-15(18(19,20)21)17(22,13-9-5-3-6-10-13)14-11-7-4-8-12-14/h3-12,15H,2H2,1H3. The van der Waals surface area contributed by atoms with Crippen molar-refractivity contribution in [2.75, 3.05) is 6.61 Å². The molecule has 1 fully saturated rings. The zero-order valence-corrected chi connectivity index (χ0v) is 15.2. The van der Waals surface area contributed by atoms with Crippen LogP contribution in [0.15, 0.2) is 60.7 Å². The van der Waals surface area contributed by atoms with E-state index in [1.165, 1.54) is 4.90 Å². The lowest BCUT2D eigenvalue weighted by molar-refractivity contribution is 0.129. The van der Waals surface area contributed by atoms with Gasteiger partial charge in [-0.25, -0.2) is 4.79 Å². The van der Waals surface area contributed by atoms with Gasteiger partial charge in [-0.05, 0) is 18.1 Å². The van der Waals surface area contributed by atoms with Crippen LogP contribution in [0.1, 0.15) is 18.1 Å². The minimum absolute atomic E-state index is 0.252. The smallest absolute Gasteiger partial charge is 0.411 e. The Balaban J connectivity index is 2.19. The van der Waals surface area contributed by atoms with Gasteiger partial charge in [0, 0.05) is 0 Å². The van der Waals surface area contributed by atoms with Crippen LogP contribution in [0.3, 0.4) is 0 Å². The molecule has 2 aromatic rings. The molecule has 0 N–H and O–H groups in total. The van der Waals surface area contributed by atoms with E-state index in [2.05, 4.69) is 0 Å². The molecule has 24 heavy (non-hydrogen) atoms. The molecular formula is C18H16Cl3NO2. The van der Waals surface area contributed by atoms with Crippen LogP contribution in [0, 0.1) is 0 Å². The van der Waals surface area contributed by atoms with Crippen LogP contribution in [0.5, 0.6) is 0 Å². The predicted octanol–water partition coefficient (Wildman–Crippen LogP) is 5.14. The first-order valence-corrected chi connectivity index (χ1v) is 8.71. The minimum Gasteiger partial charge on any atom is -0.450 e. The summed E-state index contributed by atoms with van der Waals surface area (Å²) in [6, 6.07) is 18.5. The van der Waals surface area contributed by atoms with E-state index in [-0.39, 0.29) is 6.61 Å². The van der Waals surface area contributed by atoms with Crippen molar-refractivity contribution in [1.82, 2.24) is 4.90 Å². The van der Waals surface area contributed by atoms with E-state index >= 15 is 0 Å². The van der Waals surface area contributed by atoms with E-state index in [1.807, 2.05) is 60.7 Å². The number of hydrogen-bond acceptors (Lipinski definition) is 2. The third-order valence-corrected chi connectivity index (χ3v) is 4.79. The van der Waals surface area contributed by atoms with Crippen LogP contribution in [0.25, 0.3) is 0 Å². The van der Waals surface area contributed by atoms with E-state index in [0.29, 0.717) is 0 Å². The first-order valence-electron chi connectivity index (χ1n) is 7.58. The maximum Gasteiger partial charge on any atom is 0.411 e. The fourth-order valence-electron chi connectivity index (χ4n) is 3.26. The van der Waals surface area contributed by atoms with Crippen molar-refractivity contribution < 1.29 is 9.53 Å². The van der Waals surface area contributed by atoms with Crippen LogP contribution in [0.2, 0.25) is 0 Å². The summed E-state index contributed by atoms with van der Waals surface area (Å²) >= 11 is 18.7. The summed E-state index contributed by atoms with van der Waals surface area (Å²) in [7, 11) is 0. The molecule has 1 aliphatic rings. The first kappa shape index (κ1) is 17.4. The quantitative estimate of drug-likeness (QED) is 0.541. The van der Waals surface area contributed by atoms with E-state index in [1.54, 1.807) is 6.92 Å². The van der Waals surface area contributed by atoms with Crippen LogP contribution in [0.4, 0.5) is 4.79 Å². The van der Waals surface area contributed by atoms with Crippen LogP contribution in [-0.2, 0) is 10.3 Å². The van der Waals surface area contributed by atoms with Crippen molar-refractivity contribution in [3.63, 3.8) is 0 Å². The number of amides is 1. The Bertz CT molecular complexity index is 677. The Hall–Kier alpha value is -1.42. The molecule has 1 heterocycles. The van der Waals surface area contributed by atoms with Crippen molar-refractivity contribution in [2.24, 2.45) is 0 Å². The highest BCUT2D eigenvalue weighted by molar-refractivity contribution is 6.68. The van der Waals surface area contributed by atoms with Crippen molar-refractivity contribution in [3.05, 3.63) is 71.8 Å². The highest BCUT2D eigenvalue weighted by Gasteiger charge is 2.74. The van der Waals surface area contributed by atoms with Gasteiger partial charge < -0.3 is 4.74 Å². The lowest BCUT2D eigenvalue weighted by Crippen LogP contribution is -2.24. The molecule has 1 saturated heterocycles. The Morgan fingerprint density at radius 2 is 1.50 bits per heavy atom. The molecule has 0 aliphatic carbocycles. The SMILES string of the molecule is CCOC(=O)N1C(C(Cl)(Cl)Cl)C1(c1ccccc1)c1ccccc1. The Kier molecular flexibility index (Phi) is 4.69. The molecule has 1 amide bonds. The average molecular weight is 385 g/mol. The van der Waals surface area contributed by atoms with Crippen molar-refractivity contribution in [1.29, 1.82) is 0 Å². The lowest BCUT2D eigenvalue weighted by atomic mass is 9.87. The summed E-state index contributed by atoms with van der Waals surface area (Å²) < 4.78 is 3.55. The van der Waals surface area contributed by atoms with Gasteiger partial charge in [0.1, 0.15) is 11.6 Å². The van der Waals surface area contributed by atoms with Gasteiger partial charge in [-0.15, -0.1) is 0 Å². The van der Waals surface area contributed by atoms with Gasteiger partial charge in [-0.3, -0.25) is 4.90 Å². The predicted molar refractivity (Wildman–Crippen MR) is 96.6 cm³/mol.